The lowest BCUT2D eigenvalue weighted by Gasteiger charge is -2.18. The smallest absolute Gasteiger partial charge is 0.337 e. The molecule has 0 aliphatic heterocycles. The number of thiophene rings is 1. The zero-order valence-corrected chi connectivity index (χ0v) is 16.4. The van der Waals surface area contributed by atoms with Crippen LogP contribution in [0.5, 0.6) is 0 Å². The average molecular weight is 386 g/mol. The molecule has 0 spiro atoms. The van der Waals surface area contributed by atoms with E-state index in [2.05, 4.69) is 22.3 Å². The van der Waals surface area contributed by atoms with E-state index < -0.39 is 5.97 Å². The highest BCUT2D eigenvalue weighted by atomic mass is 32.1. The number of hydrogen-bond donors (Lipinski definition) is 2. The molecule has 0 saturated heterocycles. The summed E-state index contributed by atoms with van der Waals surface area (Å²) >= 11 is 1.48. The van der Waals surface area contributed by atoms with Gasteiger partial charge in [-0.2, -0.15) is 0 Å². The van der Waals surface area contributed by atoms with Gasteiger partial charge < -0.3 is 15.4 Å². The molecule has 3 rings (SSSR count). The third kappa shape index (κ3) is 3.88. The lowest BCUT2D eigenvalue weighted by atomic mass is 9.88. The highest BCUT2D eigenvalue weighted by molar-refractivity contribution is 7.17. The van der Waals surface area contributed by atoms with Crippen LogP contribution in [0.4, 0.5) is 5.00 Å². The first-order valence-corrected chi connectivity index (χ1v) is 9.62. The van der Waals surface area contributed by atoms with Crippen LogP contribution in [-0.2, 0) is 17.6 Å². The van der Waals surface area contributed by atoms with Gasteiger partial charge in [-0.05, 0) is 55.0 Å². The van der Waals surface area contributed by atoms with Gasteiger partial charge in [0.25, 0.3) is 11.8 Å². The van der Waals surface area contributed by atoms with E-state index in [1.807, 2.05) is 0 Å². The van der Waals surface area contributed by atoms with E-state index in [0.717, 1.165) is 24.8 Å². The second kappa shape index (κ2) is 7.92. The fourth-order valence-corrected chi connectivity index (χ4v) is 4.66. The Balaban J connectivity index is 1.87. The van der Waals surface area contributed by atoms with Crippen molar-refractivity contribution in [2.75, 3.05) is 19.5 Å². The fraction of sp³-hybridized carbons (Fsp3) is 0.350. The van der Waals surface area contributed by atoms with E-state index in [0.29, 0.717) is 27.6 Å². The Labute approximate surface area is 161 Å². The monoisotopic (exact) mass is 386 g/mol. The number of methoxy groups -OCH3 is 1. The summed E-state index contributed by atoms with van der Waals surface area (Å²) in [5.41, 5.74) is 2.41. The maximum absolute atomic E-state index is 12.7. The molecule has 0 radical (unpaired) electrons. The van der Waals surface area contributed by atoms with Crippen LogP contribution in [0.15, 0.2) is 24.3 Å². The molecule has 1 atom stereocenters. The molecule has 1 aliphatic rings. The van der Waals surface area contributed by atoms with E-state index in [1.54, 1.807) is 31.3 Å². The van der Waals surface area contributed by atoms with Crippen molar-refractivity contribution in [2.24, 2.45) is 5.92 Å². The zero-order chi connectivity index (χ0) is 19.6. The second-order valence-corrected chi connectivity index (χ2v) is 7.76. The third-order valence-corrected chi connectivity index (χ3v) is 5.93. The molecule has 7 heteroatoms. The number of anilines is 1. The van der Waals surface area contributed by atoms with Gasteiger partial charge >= 0.3 is 5.97 Å². The van der Waals surface area contributed by atoms with Crippen molar-refractivity contribution in [1.29, 1.82) is 0 Å². The Morgan fingerprint density at radius 2 is 1.78 bits per heavy atom. The molecular weight excluding hydrogens is 364 g/mol. The van der Waals surface area contributed by atoms with Gasteiger partial charge in [-0.3, -0.25) is 9.59 Å². The molecule has 1 aromatic carbocycles. The number of carbonyl (C=O) groups excluding carboxylic acids is 3. The van der Waals surface area contributed by atoms with Crippen LogP contribution in [0.2, 0.25) is 0 Å². The predicted octanol–water partition coefficient (Wildman–Crippen LogP) is 3.27. The summed E-state index contributed by atoms with van der Waals surface area (Å²) in [6.45, 7) is 2.20. The van der Waals surface area contributed by atoms with Gasteiger partial charge in [-0.1, -0.05) is 6.92 Å². The third-order valence-electron chi connectivity index (χ3n) is 4.76. The summed E-state index contributed by atoms with van der Waals surface area (Å²) < 4.78 is 4.66. The number of fused-ring (bicyclic) bond motifs is 1. The van der Waals surface area contributed by atoms with Gasteiger partial charge in [-0.25, -0.2) is 4.79 Å². The van der Waals surface area contributed by atoms with E-state index in [-0.39, 0.29) is 11.8 Å². The summed E-state index contributed by atoms with van der Waals surface area (Å²) in [4.78, 5) is 37.7. The Bertz CT molecular complexity index is 886. The van der Waals surface area contributed by atoms with E-state index in [4.69, 9.17) is 0 Å². The molecule has 0 unspecified atom stereocenters. The lowest BCUT2D eigenvalue weighted by Crippen LogP contribution is -2.22. The summed E-state index contributed by atoms with van der Waals surface area (Å²) in [6.07, 6.45) is 2.81. The van der Waals surface area contributed by atoms with Crippen LogP contribution in [-0.4, -0.2) is 31.9 Å². The molecule has 0 saturated carbocycles. The van der Waals surface area contributed by atoms with E-state index in [1.165, 1.54) is 23.3 Å². The minimum Gasteiger partial charge on any atom is -0.465 e. The van der Waals surface area contributed by atoms with Crippen molar-refractivity contribution in [2.45, 2.75) is 26.2 Å². The molecule has 0 bridgehead atoms. The molecular formula is C20H22N2O4S. The molecule has 1 aliphatic carbocycles. The zero-order valence-electron chi connectivity index (χ0n) is 15.5. The minimum atomic E-state index is -0.455. The molecule has 2 aromatic rings. The predicted molar refractivity (Wildman–Crippen MR) is 105 cm³/mol. The Kier molecular flexibility index (Phi) is 5.60. The van der Waals surface area contributed by atoms with Crippen LogP contribution in [0.1, 0.15) is 54.9 Å². The van der Waals surface area contributed by atoms with Gasteiger partial charge in [0.1, 0.15) is 5.00 Å². The molecule has 6 nitrogen and oxygen atoms in total. The van der Waals surface area contributed by atoms with Gasteiger partial charge in [0, 0.05) is 17.5 Å². The van der Waals surface area contributed by atoms with Crippen molar-refractivity contribution in [3.8, 4) is 0 Å². The first kappa shape index (κ1) is 19.1. The number of nitrogens with one attached hydrogen (secondary N) is 2. The highest BCUT2D eigenvalue weighted by Crippen LogP contribution is 2.39. The number of ether oxygens (including phenoxy) is 1. The highest BCUT2D eigenvalue weighted by Gasteiger charge is 2.28. The molecule has 2 amide bonds. The molecule has 142 valence electrons. The number of esters is 1. The van der Waals surface area contributed by atoms with Gasteiger partial charge in [-0.15, -0.1) is 11.3 Å². The van der Waals surface area contributed by atoms with Crippen molar-refractivity contribution in [3.05, 3.63) is 51.4 Å². The fourth-order valence-electron chi connectivity index (χ4n) is 3.25. The Morgan fingerprint density at radius 1 is 1.11 bits per heavy atom. The van der Waals surface area contributed by atoms with Crippen LogP contribution >= 0.6 is 11.3 Å². The standard InChI is InChI=1S/C20H22N2O4S/c1-11-4-9-14-15(10-11)27-19(16(14)18(24)21-2)22-17(23)12-5-7-13(8-6-12)20(25)26-3/h5-8,11H,4,9-10H2,1-3H3,(H,21,24)(H,22,23)/t11-/m1/s1. The normalized spacial score (nSPS) is 15.6. The van der Waals surface area contributed by atoms with Gasteiger partial charge in [0.15, 0.2) is 0 Å². The molecule has 27 heavy (non-hydrogen) atoms. The van der Waals surface area contributed by atoms with Crippen molar-refractivity contribution in [3.63, 3.8) is 0 Å². The molecule has 1 aromatic heterocycles. The molecule has 2 N–H and O–H groups in total. The van der Waals surface area contributed by atoms with Crippen molar-refractivity contribution in [1.82, 2.24) is 5.32 Å². The van der Waals surface area contributed by atoms with Crippen molar-refractivity contribution >= 4 is 34.1 Å². The first-order chi connectivity index (χ1) is 12.9. The summed E-state index contributed by atoms with van der Waals surface area (Å²) in [5, 5.41) is 6.13. The Morgan fingerprint density at radius 3 is 2.41 bits per heavy atom. The number of hydrogen-bond acceptors (Lipinski definition) is 5. The molecule has 1 heterocycles. The first-order valence-electron chi connectivity index (χ1n) is 8.81. The summed E-state index contributed by atoms with van der Waals surface area (Å²) in [6, 6.07) is 6.22. The van der Waals surface area contributed by atoms with E-state index in [9.17, 15) is 14.4 Å². The minimum absolute atomic E-state index is 0.182. The van der Waals surface area contributed by atoms with Crippen LogP contribution in [0.25, 0.3) is 0 Å². The number of benzene rings is 1. The van der Waals surface area contributed by atoms with Gasteiger partial charge in [0.2, 0.25) is 0 Å². The number of rotatable bonds is 4. The second-order valence-electron chi connectivity index (χ2n) is 6.66. The van der Waals surface area contributed by atoms with Crippen LogP contribution in [0, 0.1) is 5.92 Å². The van der Waals surface area contributed by atoms with E-state index >= 15 is 0 Å². The largest absolute Gasteiger partial charge is 0.465 e. The SMILES string of the molecule is CNC(=O)c1c(NC(=O)c2ccc(C(=O)OC)cc2)sc2c1CC[C@@H](C)C2. The van der Waals surface area contributed by atoms with Crippen molar-refractivity contribution < 1.29 is 19.1 Å². The average Bonchev–Trinajstić information content (AvgIpc) is 3.03. The maximum Gasteiger partial charge on any atom is 0.337 e. The Hall–Kier alpha value is -2.67. The maximum atomic E-state index is 12.7. The van der Waals surface area contributed by atoms with Crippen LogP contribution in [0.3, 0.4) is 0 Å². The number of amides is 2. The quantitative estimate of drug-likeness (QED) is 0.790. The van der Waals surface area contributed by atoms with Gasteiger partial charge in [0.05, 0.1) is 18.2 Å². The number of carbonyl (C=O) groups is 3. The molecule has 0 fully saturated rings. The lowest BCUT2D eigenvalue weighted by molar-refractivity contribution is 0.0600. The topological polar surface area (TPSA) is 84.5 Å². The summed E-state index contributed by atoms with van der Waals surface area (Å²) in [5.74, 6) is -0.381. The van der Waals surface area contributed by atoms with Crippen LogP contribution < -0.4 is 10.6 Å². The summed E-state index contributed by atoms with van der Waals surface area (Å²) in [7, 11) is 2.90.